The van der Waals surface area contributed by atoms with Gasteiger partial charge < -0.3 is 20.0 Å². The number of hydrogen-bond acceptors (Lipinski definition) is 5. The fraction of sp³-hybridized carbons (Fsp3) is 0.960. The van der Waals surface area contributed by atoms with Crippen LogP contribution in [0.1, 0.15) is 78.1 Å². The van der Waals surface area contributed by atoms with Crippen LogP contribution >= 0.6 is 0 Å². The van der Waals surface area contributed by atoms with E-state index in [-0.39, 0.29) is 11.5 Å². The van der Waals surface area contributed by atoms with Gasteiger partial charge >= 0.3 is 0 Å². The van der Waals surface area contributed by atoms with Crippen LogP contribution in [0.3, 0.4) is 0 Å². The third-order valence-corrected chi connectivity index (χ3v) is 10.2. The van der Waals surface area contributed by atoms with Gasteiger partial charge in [-0.3, -0.25) is 0 Å². The second-order valence-corrected chi connectivity index (χ2v) is 11.7. The van der Waals surface area contributed by atoms with E-state index in [1.54, 1.807) is 0 Å². The predicted octanol–water partition coefficient (Wildman–Crippen LogP) is 4.08. The minimum atomic E-state index is -0.537. The SMILES string of the molecule is CN(C)CCO/N=C/C[C@@H]1CC[C@]2(O)C3CC[C@@H]4C[C@@H](O)CC[C@]4(C)C3CC[C@]12C. The number of likely N-dealkylation sites (N-methyl/N-ethyl adjacent to an activating group) is 1. The quantitative estimate of drug-likeness (QED) is 0.386. The van der Waals surface area contributed by atoms with Crippen molar-refractivity contribution in [2.45, 2.75) is 89.8 Å². The van der Waals surface area contributed by atoms with Gasteiger partial charge in [-0.25, -0.2) is 0 Å². The van der Waals surface area contributed by atoms with Crippen LogP contribution in [0.4, 0.5) is 0 Å². The van der Waals surface area contributed by atoms with Gasteiger partial charge in [0.05, 0.1) is 11.7 Å². The summed E-state index contributed by atoms with van der Waals surface area (Å²) in [5.74, 6) is 2.16. The molecule has 4 rings (SSSR count). The van der Waals surface area contributed by atoms with Gasteiger partial charge in [0.1, 0.15) is 6.61 Å². The molecule has 4 fully saturated rings. The van der Waals surface area contributed by atoms with E-state index < -0.39 is 5.60 Å². The van der Waals surface area contributed by atoms with E-state index in [9.17, 15) is 10.2 Å². The fourth-order valence-corrected chi connectivity index (χ4v) is 8.19. The molecule has 0 aromatic rings. The molecule has 4 aliphatic rings. The Balaban J connectivity index is 1.43. The Kier molecular flexibility index (Phi) is 6.29. The predicted molar refractivity (Wildman–Crippen MR) is 120 cm³/mol. The van der Waals surface area contributed by atoms with E-state index in [4.69, 9.17) is 4.84 Å². The van der Waals surface area contributed by atoms with Crippen molar-refractivity contribution in [2.24, 2.45) is 39.7 Å². The molecule has 172 valence electrons. The number of hydrogen-bond donors (Lipinski definition) is 2. The molecule has 0 radical (unpaired) electrons. The summed E-state index contributed by atoms with van der Waals surface area (Å²) < 4.78 is 0. The molecule has 0 aromatic carbocycles. The summed E-state index contributed by atoms with van der Waals surface area (Å²) in [5.41, 5.74) is -0.246. The Morgan fingerprint density at radius 3 is 2.60 bits per heavy atom. The van der Waals surface area contributed by atoms with Crippen LogP contribution in [-0.2, 0) is 4.84 Å². The van der Waals surface area contributed by atoms with E-state index in [0.29, 0.717) is 35.7 Å². The zero-order valence-corrected chi connectivity index (χ0v) is 19.6. The maximum Gasteiger partial charge on any atom is 0.129 e. The zero-order valence-electron chi connectivity index (χ0n) is 19.6. The lowest BCUT2D eigenvalue weighted by atomic mass is 9.43. The minimum absolute atomic E-state index is 0.0127. The van der Waals surface area contributed by atoms with Crippen LogP contribution in [0.2, 0.25) is 0 Å². The van der Waals surface area contributed by atoms with Gasteiger partial charge in [0.2, 0.25) is 0 Å². The van der Waals surface area contributed by atoms with Gasteiger partial charge in [0.15, 0.2) is 0 Å². The number of nitrogens with zero attached hydrogens (tertiary/aromatic N) is 2. The Hall–Kier alpha value is -0.650. The van der Waals surface area contributed by atoms with E-state index in [1.165, 1.54) is 12.8 Å². The highest BCUT2D eigenvalue weighted by Crippen LogP contribution is 2.69. The first-order chi connectivity index (χ1) is 14.2. The van der Waals surface area contributed by atoms with E-state index in [1.807, 2.05) is 20.3 Å². The zero-order chi connectivity index (χ0) is 21.6. The average Bonchev–Trinajstić information content (AvgIpc) is 2.96. The van der Waals surface area contributed by atoms with Gasteiger partial charge in [-0.05, 0) is 113 Å². The highest BCUT2D eigenvalue weighted by molar-refractivity contribution is 5.57. The average molecular weight is 421 g/mol. The normalized spacial score (nSPS) is 48.4. The monoisotopic (exact) mass is 420 g/mol. The molecule has 0 aliphatic heterocycles. The van der Waals surface area contributed by atoms with Crippen molar-refractivity contribution in [3.05, 3.63) is 0 Å². The standard InChI is InChI=1S/C25H44N2O3/c1-23-11-8-20(28)17-19(23)5-6-22-21(23)9-12-24(2)18(7-13-25(22,24)29)10-14-26-30-16-15-27(3)4/h14,18-22,28-29H,5-13,15-17H2,1-4H3/b26-14+/t18-,19+,20-,21?,22?,23-,24+,25-/m0/s1. The summed E-state index contributed by atoms with van der Waals surface area (Å²) in [7, 11) is 4.07. The van der Waals surface area contributed by atoms with Crippen molar-refractivity contribution in [3.8, 4) is 0 Å². The molecule has 0 amide bonds. The molecular formula is C25H44N2O3. The molecule has 30 heavy (non-hydrogen) atoms. The van der Waals surface area contributed by atoms with Crippen LogP contribution in [0.25, 0.3) is 0 Å². The van der Waals surface area contributed by atoms with Crippen molar-refractivity contribution in [3.63, 3.8) is 0 Å². The first kappa shape index (κ1) is 22.5. The molecule has 0 bridgehead atoms. The molecule has 4 aliphatic carbocycles. The van der Waals surface area contributed by atoms with E-state index in [0.717, 1.165) is 57.9 Å². The molecule has 0 heterocycles. The van der Waals surface area contributed by atoms with Gasteiger partial charge in [-0.1, -0.05) is 19.0 Å². The van der Waals surface area contributed by atoms with Crippen LogP contribution in [0.15, 0.2) is 5.16 Å². The van der Waals surface area contributed by atoms with E-state index in [2.05, 4.69) is 23.9 Å². The summed E-state index contributed by atoms with van der Waals surface area (Å²) in [6, 6.07) is 0. The van der Waals surface area contributed by atoms with Crippen LogP contribution in [-0.4, -0.2) is 60.3 Å². The number of aliphatic hydroxyl groups excluding tert-OH is 1. The molecule has 2 N–H and O–H groups in total. The number of rotatable bonds is 6. The van der Waals surface area contributed by atoms with Gasteiger partial charge in [0.25, 0.3) is 0 Å². The molecule has 0 saturated heterocycles. The summed E-state index contributed by atoms with van der Waals surface area (Å²) in [6.45, 7) is 6.34. The highest BCUT2D eigenvalue weighted by atomic mass is 16.6. The fourth-order valence-electron chi connectivity index (χ4n) is 8.19. The van der Waals surface area contributed by atoms with Gasteiger partial charge in [0, 0.05) is 12.8 Å². The Morgan fingerprint density at radius 1 is 1.03 bits per heavy atom. The van der Waals surface area contributed by atoms with Crippen LogP contribution < -0.4 is 0 Å². The smallest absolute Gasteiger partial charge is 0.129 e. The summed E-state index contributed by atoms with van der Waals surface area (Å²) >= 11 is 0. The second-order valence-electron chi connectivity index (χ2n) is 11.7. The number of fused-ring (bicyclic) bond motifs is 5. The van der Waals surface area contributed by atoms with Crippen molar-refractivity contribution in [1.29, 1.82) is 0 Å². The van der Waals surface area contributed by atoms with E-state index >= 15 is 0 Å². The maximum absolute atomic E-state index is 12.2. The summed E-state index contributed by atoms with van der Waals surface area (Å²) in [6.07, 6.45) is 12.5. The molecule has 0 spiro atoms. The third-order valence-electron chi connectivity index (χ3n) is 10.2. The third kappa shape index (κ3) is 3.63. The molecule has 4 saturated carbocycles. The summed E-state index contributed by atoms with van der Waals surface area (Å²) in [5, 5.41) is 26.6. The highest BCUT2D eigenvalue weighted by Gasteiger charge is 2.66. The number of aliphatic hydroxyl groups is 2. The molecule has 5 heteroatoms. The lowest BCUT2D eigenvalue weighted by Gasteiger charge is -2.63. The van der Waals surface area contributed by atoms with Crippen molar-refractivity contribution < 1.29 is 15.1 Å². The topological polar surface area (TPSA) is 65.3 Å². The van der Waals surface area contributed by atoms with Gasteiger partial charge in [-0.15, -0.1) is 0 Å². The lowest BCUT2D eigenvalue weighted by Crippen LogP contribution is -2.62. The Bertz CT molecular complexity index is 640. The second kappa shape index (κ2) is 8.37. The molecular weight excluding hydrogens is 376 g/mol. The minimum Gasteiger partial charge on any atom is -0.395 e. The molecule has 8 atom stereocenters. The van der Waals surface area contributed by atoms with Crippen molar-refractivity contribution in [1.82, 2.24) is 4.90 Å². The van der Waals surface area contributed by atoms with Crippen LogP contribution in [0.5, 0.6) is 0 Å². The molecule has 2 unspecified atom stereocenters. The van der Waals surface area contributed by atoms with Gasteiger partial charge in [-0.2, -0.15) is 0 Å². The van der Waals surface area contributed by atoms with Crippen molar-refractivity contribution >= 4 is 6.21 Å². The maximum atomic E-state index is 12.2. The van der Waals surface area contributed by atoms with Crippen molar-refractivity contribution in [2.75, 3.05) is 27.2 Å². The Morgan fingerprint density at radius 2 is 1.83 bits per heavy atom. The molecule has 0 aromatic heterocycles. The van der Waals surface area contributed by atoms with Crippen LogP contribution in [0, 0.1) is 34.5 Å². The lowest BCUT2D eigenvalue weighted by molar-refractivity contribution is -0.209. The summed E-state index contributed by atoms with van der Waals surface area (Å²) in [4.78, 5) is 7.50. The first-order valence-electron chi connectivity index (χ1n) is 12.4. The molecule has 5 nitrogen and oxygen atoms in total. The number of oxime groups is 1. The Labute approximate surface area is 183 Å². The largest absolute Gasteiger partial charge is 0.395 e. The first-order valence-corrected chi connectivity index (χ1v) is 12.4.